The third-order valence-corrected chi connectivity index (χ3v) is 8.60. The van der Waals surface area contributed by atoms with Gasteiger partial charge in [0.25, 0.3) is 5.91 Å². The maximum absolute atomic E-state index is 14.4. The van der Waals surface area contributed by atoms with Crippen LogP contribution in [0.4, 0.5) is 70.2 Å². The van der Waals surface area contributed by atoms with Gasteiger partial charge in [0.2, 0.25) is 0 Å². The van der Waals surface area contributed by atoms with E-state index in [-0.39, 0.29) is 17.8 Å². The van der Waals surface area contributed by atoms with Crippen molar-refractivity contribution in [3.8, 4) is 0 Å². The summed E-state index contributed by atoms with van der Waals surface area (Å²) in [5.41, 5.74) is -0.976. The lowest BCUT2D eigenvalue weighted by Gasteiger charge is -2.59. The van der Waals surface area contributed by atoms with Crippen molar-refractivity contribution in [1.82, 2.24) is 5.32 Å². The molecule has 1 amide bonds. The average molecular weight is 642 g/mol. The first kappa shape index (κ1) is 33.1. The molecule has 0 aromatic rings. The number of halogens is 17. The molecule has 4 aliphatic carbocycles. The zero-order chi connectivity index (χ0) is 31.3. The highest BCUT2D eigenvalue weighted by Crippen LogP contribution is 2.65. The van der Waals surface area contributed by atoms with Crippen LogP contribution >= 0.6 is 11.6 Å². The fourth-order valence-corrected chi connectivity index (χ4v) is 6.57. The number of alkyl halides is 17. The summed E-state index contributed by atoms with van der Waals surface area (Å²) in [6, 6.07) is -1.46. The van der Waals surface area contributed by atoms with Gasteiger partial charge in [0, 0.05) is 6.04 Å². The Morgan fingerprint density at radius 1 is 0.625 bits per heavy atom. The van der Waals surface area contributed by atoms with Gasteiger partial charge >= 0.3 is 46.8 Å². The molecule has 1 unspecified atom stereocenters. The molecule has 0 saturated heterocycles. The fourth-order valence-electron chi connectivity index (χ4n) is 6.45. The first-order valence-corrected chi connectivity index (χ1v) is 11.9. The molecule has 0 aromatic heterocycles. The van der Waals surface area contributed by atoms with Gasteiger partial charge in [-0.2, -0.15) is 70.2 Å². The molecule has 1 atom stereocenters. The Morgan fingerprint density at radius 2 is 0.925 bits per heavy atom. The SMILES string of the molecule is CC(NC(=O)C(F)(F)C(F)(F)C(F)(F)C(F)(F)C(F)(F)C(F)(F)C(F)(F)C(F)(F)Cl)C12CC3CC(CC(C3)C1)C2. The molecule has 2 nitrogen and oxygen atoms in total. The van der Waals surface area contributed by atoms with Gasteiger partial charge in [-0.05, 0) is 80.2 Å². The molecular formula is C21H20ClF16NO. The van der Waals surface area contributed by atoms with E-state index < -0.39 is 64.2 Å². The molecule has 1 N–H and O–H groups in total. The van der Waals surface area contributed by atoms with Crippen LogP contribution in [-0.4, -0.2) is 58.8 Å². The Labute approximate surface area is 220 Å². The topological polar surface area (TPSA) is 29.1 Å². The molecule has 4 saturated carbocycles. The molecule has 0 heterocycles. The predicted octanol–water partition coefficient (Wildman–Crippen LogP) is 7.99. The second-order valence-electron chi connectivity index (χ2n) is 11.0. The van der Waals surface area contributed by atoms with Crippen LogP contribution in [0.3, 0.4) is 0 Å². The van der Waals surface area contributed by atoms with E-state index in [9.17, 15) is 75.0 Å². The third kappa shape index (κ3) is 4.25. The Kier molecular flexibility index (Phi) is 7.52. The number of nitrogens with one attached hydrogen (secondary N) is 1. The molecule has 19 heteroatoms. The molecule has 40 heavy (non-hydrogen) atoms. The molecule has 4 bridgehead atoms. The van der Waals surface area contributed by atoms with Crippen LogP contribution in [0.5, 0.6) is 0 Å². The highest BCUT2D eigenvalue weighted by molar-refractivity contribution is 6.22. The molecule has 0 aliphatic heterocycles. The summed E-state index contributed by atoms with van der Waals surface area (Å²) < 4.78 is 219. The minimum Gasteiger partial charge on any atom is -0.348 e. The molecule has 4 fully saturated rings. The van der Waals surface area contributed by atoms with Crippen molar-refractivity contribution in [1.29, 1.82) is 0 Å². The number of carbonyl (C=O) groups is 1. The van der Waals surface area contributed by atoms with E-state index >= 15 is 0 Å². The van der Waals surface area contributed by atoms with E-state index in [1.54, 1.807) is 0 Å². The average Bonchev–Trinajstić information content (AvgIpc) is 2.76. The lowest BCUT2D eigenvalue weighted by atomic mass is 9.48. The molecule has 0 aromatic carbocycles. The minimum absolute atomic E-state index is 0.0676. The van der Waals surface area contributed by atoms with Crippen molar-refractivity contribution < 1.29 is 75.0 Å². The first-order chi connectivity index (χ1) is 17.5. The highest BCUT2D eigenvalue weighted by atomic mass is 35.5. The van der Waals surface area contributed by atoms with Gasteiger partial charge in [0.1, 0.15) is 0 Å². The largest absolute Gasteiger partial charge is 0.393 e. The predicted molar refractivity (Wildman–Crippen MR) is 104 cm³/mol. The van der Waals surface area contributed by atoms with Crippen LogP contribution in [0.1, 0.15) is 45.4 Å². The van der Waals surface area contributed by atoms with Crippen LogP contribution in [-0.2, 0) is 4.79 Å². The lowest BCUT2D eigenvalue weighted by Crippen LogP contribution is -2.75. The maximum atomic E-state index is 14.4. The van der Waals surface area contributed by atoms with Gasteiger partial charge in [-0.25, -0.2) is 0 Å². The van der Waals surface area contributed by atoms with E-state index in [2.05, 4.69) is 11.6 Å². The monoisotopic (exact) mass is 641 g/mol. The van der Waals surface area contributed by atoms with Crippen molar-refractivity contribution in [2.45, 2.75) is 98.3 Å². The van der Waals surface area contributed by atoms with Gasteiger partial charge in [-0.3, -0.25) is 4.79 Å². The molecule has 4 aliphatic rings. The van der Waals surface area contributed by atoms with Crippen LogP contribution in [0, 0.1) is 23.2 Å². The summed E-state index contributed by atoms with van der Waals surface area (Å²) in [6.45, 7) is 1.04. The van der Waals surface area contributed by atoms with Crippen molar-refractivity contribution >= 4 is 17.5 Å². The normalized spacial score (nSPS) is 29.5. The van der Waals surface area contributed by atoms with Gasteiger partial charge in [0.05, 0.1) is 0 Å². The number of hydrogen-bond donors (Lipinski definition) is 1. The van der Waals surface area contributed by atoms with Crippen molar-refractivity contribution in [3.63, 3.8) is 0 Å². The van der Waals surface area contributed by atoms with Gasteiger partial charge in [0.15, 0.2) is 0 Å². The number of rotatable bonds is 10. The highest BCUT2D eigenvalue weighted by Gasteiger charge is 2.95. The van der Waals surface area contributed by atoms with Crippen LogP contribution in [0.15, 0.2) is 0 Å². The van der Waals surface area contributed by atoms with Gasteiger partial charge in [-0.1, -0.05) is 0 Å². The molecule has 0 radical (unpaired) electrons. The Hall–Kier alpha value is -1.36. The summed E-state index contributed by atoms with van der Waals surface area (Å²) >= 11 is 3.49. The summed E-state index contributed by atoms with van der Waals surface area (Å²) in [5.74, 6) is -59.8. The second kappa shape index (κ2) is 9.07. The molecule has 4 rings (SSSR count). The zero-order valence-electron chi connectivity index (χ0n) is 19.9. The molecule has 0 spiro atoms. The summed E-state index contributed by atoms with van der Waals surface area (Å²) in [6.07, 6.45) is 3.17. The summed E-state index contributed by atoms with van der Waals surface area (Å²) in [4.78, 5) is 12.0. The Morgan fingerprint density at radius 3 is 1.25 bits per heavy atom. The second-order valence-corrected chi connectivity index (χ2v) is 11.5. The number of amides is 1. The van der Waals surface area contributed by atoms with E-state index in [0.29, 0.717) is 19.3 Å². The van der Waals surface area contributed by atoms with E-state index in [0.717, 1.165) is 26.2 Å². The van der Waals surface area contributed by atoms with E-state index in [4.69, 9.17) is 0 Å². The van der Waals surface area contributed by atoms with Gasteiger partial charge < -0.3 is 5.32 Å². The lowest BCUT2D eigenvalue weighted by molar-refractivity contribution is -0.446. The third-order valence-electron chi connectivity index (χ3n) is 8.36. The number of hydrogen-bond acceptors (Lipinski definition) is 1. The van der Waals surface area contributed by atoms with Crippen molar-refractivity contribution in [2.24, 2.45) is 23.2 Å². The summed E-state index contributed by atoms with van der Waals surface area (Å²) in [7, 11) is 0. The van der Waals surface area contributed by atoms with Crippen molar-refractivity contribution in [2.75, 3.05) is 0 Å². The number of carbonyl (C=O) groups excluding carboxylic acids is 1. The van der Waals surface area contributed by atoms with Crippen LogP contribution in [0.2, 0.25) is 0 Å². The van der Waals surface area contributed by atoms with Crippen LogP contribution < -0.4 is 5.32 Å². The Balaban J connectivity index is 1.92. The first-order valence-electron chi connectivity index (χ1n) is 11.6. The van der Waals surface area contributed by atoms with Crippen LogP contribution in [0.25, 0.3) is 0 Å². The summed E-state index contributed by atoms with van der Waals surface area (Å²) in [5, 5.41) is -5.54. The smallest absolute Gasteiger partial charge is 0.348 e. The maximum Gasteiger partial charge on any atom is 0.393 e. The zero-order valence-corrected chi connectivity index (χ0v) is 20.6. The van der Waals surface area contributed by atoms with E-state index in [1.165, 1.54) is 5.32 Å². The Bertz CT molecular complexity index is 972. The molecule has 234 valence electrons. The molecular weight excluding hydrogens is 622 g/mol. The standard InChI is InChI=1S/C21H20ClF16NO/c1-8(13-5-9-2-10(6-13)4-11(3-9)7-13)39-12(40)14(23,24)15(25,26)16(27,28)17(29,30)18(31,32)19(33,34)20(35,36)21(22,37)38/h8-11H,2-7H2,1H3,(H,39,40). The van der Waals surface area contributed by atoms with Crippen molar-refractivity contribution in [3.05, 3.63) is 0 Å². The van der Waals surface area contributed by atoms with E-state index in [1.807, 2.05) is 0 Å². The fraction of sp³-hybridized carbons (Fsp3) is 0.952. The quantitative estimate of drug-likeness (QED) is 0.190. The minimum atomic E-state index is -8.59. The van der Waals surface area contributed by atoms with Gasteiger partial charge in [-0.15, -0.1) is 0 Å².